The minimum Gasteiger partial charge on any atom is -0.350 e. The lowest BCUT2D eigenvalue weighted by molar-refractivity contribution is 0.0681. The number of nitrogens with one attached hydrogen (secondary N) is 1. The summed E-state index contributed by atoms with van der Waals surface area (Å²) >= 11 is 6.02. The van der Waals surface area contributed by atoms with Crippen molar-refractivity contribution in [3.8, 4) is 0 Å². The number of halogens is 1. The highest BCUT2D eigenvalue weighted by Crippen LogP contribution is 2.33. The smallest absolute Gasteiger partial charge is 0.279 e. The molecule has 7 nitrogen and oxygen atoms in total. The Kier molecular flexibility index (Phi) is 7.86. The Balaban J connectivity index is 1.75. The quantitative estimate of drug-likeness (QED) is 0.443. The minimum absolute atomic E-state index is 0.129. The van der Waals surface area contributed by atoms with Crippen molar-refractivity contribution in [1.82, 2.24) is 14.6 Å². The van der Waals surface area contributed by atoms with Crippen molar-refractivity contribution in [2.45, 2.75) is 73.4 Å². The van der Waals surface area contributed by atoms with Crippen molar-refractivity contribution in [3.05, 3.63) is 89.8 Å². The molecular formula is C31H40ClN5O2. The average Bonchev–Trinajstić information content (AvgIpc) is 2.88. The Morgan fingerprint density at radius 2 is 1.62 bits per heavy atom. The molecule has 1 aromatic heterocycles. The second-order valence-electron chi connectivity index (χ2n) is 11.4. The number of carbonyl (C=O) groups excluding carboxylic acids is 1. The molecule has 0 spiro atoms. The van der Waals surface area contributed by atoms with E-state index in [1.165, 1.54) is 33.4 Å². The molecule has 0 bridgehead atoms. The van der Waals surface area contributed by atoms with Crippen molar-refractivity contribution >= 4 is 23.5 Å². The van der Waals surface area contributed by atoms with Crippen molar-refractivity contribution in [2.75, 3.05) is 31.0 Å². The molecular weight excluding hydrogens is 510 g/mol. The van der Waals surface area contributed by atoms with Gasteiger partial charge in [-0.3, -0.25) is 9.59 Å². The summed E-state index contributed by atoms with van der Waals surface area (Å²) in [5, 5.41) is 5.83. The van der Waals surface area contributed by atoms with E-state index in [1.54, 1.807) is 38.9 Å². The number of hydrogen-bond donors (Lipinski definition) is 1. The van der Waals surface area contributed by atoms with Gasteiger partial charge < -0.3 is 15.2 Å². The fourth-order valence-electron chi connectivity index (χ4n) is 5.80. The highest BCUT2D eigenvalue weighted by Gasteiger charge is 2.38. The van der Waals surface area contributed by atoms with Gasteiger partial charge in [-0.15, -0.1) is 0 Å². The second kappa shape index (κ2) is 10.7. The average molecular weight is 550 g/mol. The number of rotatable bonds is 6. The van der Waals surface area contributed by atoms with E-state index in [-0.39, 0.29) is 18.0 Å². The van der Waals surface area contributed by atoms with E-state index in [9.17, 15) is 9.59 Å². The first-order valence-electron chi connectivity index (χ1n) is 13.5. The second-order valence-corrected chi connectivity index (χ2v) is 11.9. The van der Waals surface area contributed by atoms with E-state index in [2.05, 4.69) is 39.9 Å². The van der Waals surface area contributed by atoms with Crippen LogP contribution >= 0.6 is 11.6 Å². The molecule has 0 radical (unpaired) electrons. The molecule has 0 atom stereocenters. The number of anilines is 1. The van der Waals surface area contributed by atoms with Gasteiger partial charge in [-0.25, -0.2) is 4.98 Å². The molecule has 208 valence electrons. The van der Waals surface area contributed by atoms with Gasteiger partial charge in [-0.1, -0.05) is 32.4 Å². The van der Waals surface area contributed by atoms with E-state index < -0.39 is 5.41 Å². The first-order valence-corrected chi connectivity index (χ1v) is 13.9. The van der Waals surface area contributed by atoms with Crippen LogP contribution < -0.4 is 15.9 Å². The van der Waals surface area contributed by atoms with Gasteiger partial charge >= 0.3 is 0 Å². The molecule has 4 rings (SSSR count). The number of aromatic nitrogens is 2. The van der Waals surface area contributed by atoms with Gasteiger partial charge in [-0.05, 0) is 91.8 Å². The predicted molar refractivity (Wildman–Crippen MR) is 160 cm³/mol. The lowest BCUT2D eigenvalue weighted by Crippen LogP contribution is -2.51. The van der Waals surface area contributed by atoms with E-state index in [4.69, 9.17) is 16.6 Å². The van der Waals surface area contributed by atoms with E-state index >= 15 is 0 Å². The van der Waals surface area contributed by atoms with Crippen molar-refractivity contribution < 1.29 is 4.79 Å². The Morgan fingerprint density at radius 3 is 2.18 bits per heavy atom. The van der Waals surface area contributed by atoms with Gasteiger partial charge in [0.25, 0.3) is 11.5 Å². The van der Waals surface area contributed by atoms with Gasteiger partial charge in [0.2, 0.25) is 5.95 Å². The highest BCUT2D eigenvalue weighted by molar-refractivity contribution is 6.30. The summed E-state index contributed by atoms with van der Waals surface area (Å²) in [6.45, 7) is 16.2. The molecule has 2 aromatic carbocycles. The van der Waals surface area contributed by atoms with Gasteiger partial charge in [0, 0.05) is 43.2 Å². The van der Waals surface area contributed by atoms with Crippen LogP contribution in [0.5, 0.6) is 0 Å². The summed E-state index contributed by atoms with van der Waals surface area (Å²) in [6.07, 6.45) is 0.938. The maximum absolute atomic E-state index is 14.0. The Bertz CT molecular complexity index is 1490. The van der Waals surface area contributed by atoms with Crippen LogP contribution in [0.15, 0.2) is 29.1 Å². The number of carbonyl (C=O) groups is 1. The van der Waals surface area contributed by atoms with Crippen molar-refractivity contribution in [1.29, 1.82) is 0 Å². The molecule has 3 aromatic rings. The summed E-state index contributed by atoms with van der Waals surface area (Å²) in [4.78, 5) is 34.1. The normalized spacial score (nSPS) is 14.3. The first kappa shape index (κ1) is 28.7. The minimum atomic E-state index is -0.516. The van der Waals surface area contributed by atoms with Crippen LogP contribution in [0.1, 0.15) is 75.8 Å². The number of benzene rings is 2. The van der Waals surface area contributed by atoms with Gasteiger partial charge in [0.15, 0.2) is 0 Å². The molecule has 0 aliphatic carbocycles. The summed E-state index contributed by atoms with van der Waals surface area (Å²) < 4.78 is 1.57. The van der Waals surface area contributed by atoms with Crippen molar-refractivity contribution in [3.63, 3.8) is 0 Å². The van der Waals surface area contributed by atoms with Crippen LogP contribution in [0.4, 0.5) is 5.95 Å². The third kappa shape index (κ3) is 5.17. The molecule has 1 aliphatic rings. The molecule has 0 unspecified atom stereocenters. The molecule has 1 amide bonds. The number of nitrogens with zero attached hydrogens (tertiary/aromatic N) is 4. The van der Waals surface area contributed by atoms with Crippen LogP contribution in [0.2, 0.25) is 5.02 Å². The molecule has 0 saturated heterocycles. The SMILES string of the molecule is CCc1c(C)c(C)c(C)c(C)c1CNc1nc2c(c(=O)n1N(C)C)CN(C(=O)c1ccc(Cl)cc1)CC2(C)C. The monoisotopic (exact) mass is 549 g/mol. The third-order valence-electron chi connectivity index (χ3n) is 8.24. The van der Waals surface area contributed by atoms with Crippen molar-refractivity contribution in [2.24, 2.45) is 0 Å². The lowest BCUT2D eigenvalue weighted by Gasteiger charge is -2.39. The lowest BCUT2D eigenvalue weighted by atomic mass is 9.82. The van der Waals surface area contributed by atoms with E-state index in [0.717, 1.165) is 12.1 Å². The van der Waals surface area contributed by atoms with Gasteiger partial charge in [0.1, 0.15) is 0 Å². The maximum atomic E-state index is 14.0. The van der Waals surface area contributed by atoms with Crippen LogP contribution in [0.3, 0.4) is 0 Å². The first-order chi connectivity index (χ1) is 18.3. The molecule has 0 saturated carbocycles. The zero-order valence-corrected chi connectivity index (χ0v) is 25.4. The van der Waals surface area contributed by atoms with E-state index in [0.29, 0.717) is 35.2 Å². The molecule has 0 fully saturated rings. The number of amides is 1. The highest BCUT2D eigenvalue weighted by atomic mass is 35.5. The maximum Gasteiger partial charge on any atom is 0.279 e. The molecule has 1 N–H and O–H groups in total. The Morgan fingerprint density at radius 1 is 1.03 bits per heavy atom. The topological polar surface area (TPSA) is 70.5 Å². The summed E-state index contributed by atoms with van der Waals surface area (Å²) in [5.41, 5.74) is 8.98. The fraction of sp³-hybridized carbons (Fsp3) is 0.452. The standard InChI is InChI=1S/C31H40ClN5O2/c1-10-24-20(4)18(2)19(3)21(5)25(24)15-33-30-34-27-26(29(39)37(30)35(8)9)16-36(17-31(27,6)7)28(38)22-11-13-23(32)14-12-22/h11-14H,10,15-17H2,1-9H3,(H,33,34). The molecule has 1 aliphatic heterocycles. The van der Waals surface area contributed by atoms with Crippen LogP contribution in [0.25, 0.3) is 0 Å². The molecule has 8 heteroatoms. The third-order valence-corrected chi connectivity index (χ3v) is 8.50. The Labute approximate surface area is 236 Å². The predicted octanol–water partition coefficient (Wildman–Crippen LogP) is 5.44. The summed E-state index contributed by atoms with van der Waals surface area (Å²) in [5.74, 6) is 0.378. The van der Waals surface area contributed by atoms with Gasteiger partial charge in [0.05, 0.1) is 17.8 Å². The summed E-state index contributed by atoms with van der Waals surface area (Å²) in [6, 6.07) is 6.85. The zero-order valence-electron chi connectivity index (χ0n) is 24.6. The van der Waals surface area contributed by atoms with Crippen LogP contribution in [-0.2, 0) is 24.9 Å². The van der Waals surface area contributed by atoms with Gasteiger partial charge in [-0.2, -0.15) is 4.68 Å². The fourth-order valence-corrected chi connectivity index (χ4v) is 5.93. The zero-order chi connectivity index (χ0) is 28.8. The largest absolute Gasteiger partial charge is 0.350 e. The molecule has 39 heavy (non-hydrogen) atoms. The van der Waals surface area contributed by atoms with Crippen LogP contribution in [-0.4, -0.2) is 41.1 Å². The number of hydrogen-bond acceptors (Lipinski definition) is 5. The van der Waals surface area contributed by atoms with E-state index in [1.807, 2.05) is 27.9 Å². The number of fused-ring (bicyclic) bond motifs is 1. The Hall–Kier alpha value is -3.32. The van der Waals surface area contributed by atoms with Crippen LogP contribution in [0, 0.1) is 27.7 Å². The molecule has 2 heterocycles. The summed E-state index contributed by atoms with van der Waals surface area (Å²) in [7, 11) is 3.66.